The summed E-state index contributed by atoms with van der Waals surface area (Å²) in [5, 5.41) is 3.96. The fourth-order valence-corrected chi connectivity index (χ4v) is 3.42. The average molecular weight is 384 g/mol. The molecule has 2 aromatic rings. The molecule has 0 spiro atoms. The minimum atomic E-state index is -0.223. The van der Waals surface area contributed by atoms with Crippen LogP contribution in [0.15, 0.2) is 34.9 Å². The monoisotopic (exact) mass is 384 g/mol. The van der Waals surface area contributed by atoms with Gasteiger partial charge in [0.15, 0.2) is 5.78 Å². The smallest absolute Gasteiger partial charge is 0.292 e. The maximum Gasteiger partial charge on any atom is 0.292 e. The van der Waals surface area contributed by atoms with Crippen molar-refractivity contribution in [3.8, 4) is 5.75 Å². The summed E-state index contributed by atoms with van der Waals surface area (Å²) in [6.45, 7) is 8.92. The van der Waals surface area contributed by atoms with Gasteiger partial charge in [0.05, 0.1) is 11.8 Å². The Morgan fingerprint density at radius 3 is 2.68 bits per heavy atom. The van der Waals surface area contributed by atoms with E-state index in [2.05, 4.69) is 5.16 Å². The molecule has 0 aliphatic carbocycles. The molecule has 1 saturated heterocycles. The first kappa shape index (κ1) is 20.1. The van der Waals surface area contributed by atoms with Crippen LogP contribution in [0.3, 0.4) is 0 Å². The number of likely N-dealkylation sites (tertiary alicyclic amines) is 1. The molecule has 1 aromatic carbocycles. The van der Waals surface area contributed by atoms with Crippen molar-refractivity contribution in [1.29, 1.82) is 0 Å². The van der Waals surface area contributed by atoms with Crippen molar-refractivity contribution in [3.63, 3.8) is 0 Å². The molecule has 1 amide bonds. The first-order chi connectivity index (χ1) is 13.3. The van der Waals surface area contributed by atoms with Crippen molar-refractivity contribution in [2.24, 2.45) is 5.92 Å². The zero-order valence-corrected chi connectivity index (χ0v) is 17.0. The zero-order valence-electron chi connectivity index (χ0n) is 17.0. The number of hydrogen-bond acceptors (Lipinski definition) is 5. The molecule has 1 aliphatic heterocycles. The molecule has 1 unspecified atom stereocenters. The van der Waals surface area contributed by atoms with Crippen molar-refractivity contribution in [3.05, 3.63) is 47.3 Å². The number of aromatic nitrogens is 1. The summed E-state index contributed by atoms with van der Waals surface area (Å²) >= 11 is 0. The van der Waals surface area contributed by atoms with Gasteiger partial charge in [-0.1, -0.05) is 31.1 Å². The molecule has 150 valence electrons. The summed E-state index contributed by atoms with van der Waals surface area (Å²) in [6, 6.07) is 8.98. The molecule has 6 heteroatoms. The topological polar surface area (TPSA) is 72.6 Å². The number of ketones is 1. The van der Waals surface area contributed by atoms with E-state index in [-0.39, 0.29) is 35.4 Å². The minimum Gasteiger partial charge on any atom is -0.491 e. The van der Waals surface area contributed by atoms with Crippen LogP contribution in [0.25, 0.3) is 0 Å². The highest BCUT2D eigenvalue weighted by Gasteiger charge is 2.31. The van der Waals surface area contributed by atoms with Crippen molar-refractivity contribution in [2.45, 2.75) is 52.6 Å². The van der Waals surface area contributed by atoms with Gasteiger partial charge in [0.2, 0.25) is 5.76 Å². The molecule has 2 heterocycles. The van der Waals surface area contributed by atoms with E-state index in [1.54, 1.807) is 17.0 Å². The number of piperidine rings is 1. The minimum absolute atomic E-state index is 0.0470. The first-order valence-corrected chi connectivity index (χ1v) is 9.92. The van der Waals surface area contributed by atoms with Crippen LogP contribution in [-0.2, 0) is 0 Å². The summed E-state index contributed by atoms with van der Waals surface area (Å²) in [5.74, 6) is 0.748. The lowest BCUT2D eigenvalue weighted by Crippen LogP contribution is -2.42. The molecular weight excluding hydrogens is 356 g/mol. The third kappa shape index (κ3) is 4.61. The van der Waals surface area contributed by atoms with E-state index in [9.17, 15) is 9.59 Å². The zero-order chi connectivity index (χ0) is 20.3. The van der Waals surface area contributed by atoms with Crippen molar-refractivity contribution in [2.75, 3.05) is 13.1 Å². The predicted molar refractivity (Wildman–Crippen MR) is 106 cm³/mol. The second-order valence-electron chi connectivity index (χ2n) is 7.92. The summed E-state index contributed by atoms with van der Waals surface area (Å²) in [7, 11) is 0. The maximum atomic E-state index is 13.0. The van der Waals surface area contributed by atoms with Gasteiger partial charge in [0.25, 0.3) is 5.91 Å². The van der Waals surface area contributed by atoms with E-state index >= 15 is 0 Å². The summed E-state index contributed by atoms with van der Waals surface area (Å²) in [5.41, 5.74) is 1.38. The molecule has 0 radical (unpaired) electrons. The van der Waals surface area contributed by atoms with Gasteiger partial charge >= 0.3 is 0 Å². The average Bonchev–Trinajstić information content (AvgIpc) is 3.17. The number of nitrogens with zero attached hydrogens (tertiary/aromatic N) is 2. The summed E-state index contributed by atoms with van der Waals surface area (Å²) in [4.78, 5) is 27.5. The SMILES string of the molecule is CC(C)Oc1cccc(C(=O)C2CCCN(C(=O)c3cc(C(C)C)no3)C2)c1. The lowest BCUT2D eigenvalue weighted by Gasteiger charge is -2.31. The Morgan fingerprint density at radius 2 is 2.00 bits per heavy atom. The highest BCUT2D eigenvalue weighted by atomic mass is 16.5. The van der Waals surface area contributed by atoms with Crippen LogP contribution in [0.2, 0.25) is 0 Å². The molecule has 0 N–H and O–H groups in total. The lowest BCUT2D eigenvalue weighted by atomic mass is 9.89. The number of ether oxygens (including phenoxy) is 1. The van der Waals surface area contributed by atoms with Gasteiger partial charge in [0.1, 0.15) is 5.75 Å². The summed E-state index contributed by atoms with van der Waals surface area (Å²) in [6.07, 6.45) is 1.60. The van der Waals surface area contributed by atoms with Gasteiger partial charge in [-0.15, -0.1) is 0 Å². The quantitative estimate of drug-likeness (QED) is 0.694. The fraction of sp³-hybridized carbons (Fsp3) is 0.500. The standard InChI is InChI=1S/C22H28N2O4/c1-14(2)19-12-20(28-23-19)22(26)24-10-6-8-17(13-24)21(25)16-7-5-9-18(11-16)27-15(3)4/h5,7,9,11-12,14-15,17H,6,8,10,13H2,1-4H3. The molecule has 1 fully saturated rings. The third-order valence-corrected chi connectivity index (χ3v) is 4.90. The van der Waals surface area contributed by atoms with E-state index in [1.165, 1.54) is 0 Å². The molecule has 1 atom stereocenters. The van der Waals surface area contributed by atoms with Crippen LogP contribution < -0.4 is 4.74 Å². The van der Waals surface area contributed by atoms with E-state index in [0.29, 0.717) is 24.4 Å². The van der Waals surface area contributed by atoms with Crippen LogP contribution in [0, 0.1) is 5.92 Å². The first-order valence-electron chi connectivity index (χ1n) is 9.92. The number of amides is 1. The second-order valence-corrected chi connectivity index (χ2v) is 7.92. The van der Waals surface area contributed by atoms with Crippen molar-refractivity contribution >= 4 is 11.7 Å². The normalized spacial score (nSPS) is 17.2. The third-order valence-electron chi connectivity index (χ3n) is 4.90. The van der Waals surface area contributed by atoms with Gasteiger partial charge in [-0.25, -0.2) is 0 Å². The number of carbonyl (C=O) groups is 2. The second kappa shape index (κ2) is 8.59. The number of benzene rings is 1. The molecule has 0 bridgehead atoms. The molecule has 1 aliphatic rings. The molecular formula is C22H28N2O4. The van der Waals surface area contributed by atoms with Gasteiger partial charge in [0, 0.05) is 30.6 Å². The Morgan fingerprint density at radius 1 is 1.21 bits per heavy atom. The Labute approximate surface area is 165 Å². The van der Waals surface area contributed by atoms with Crippen LogP contribution in [0.5, 0.6) is 5.75 Å². The van der Waals surface area contributed by atoms with E-state index in [0.717, 1.165) is 18.5 Å². The fourth-order valence-electron chi connectivity index (χ4n) is 3.42. The Bertz CT molecular complexity index is 841. The number of rotatable bonds is 6. The number of carbonyl (C=O) groups excluding carboxylic acids is 2. The van der Waals surface area contributed by atoms with Gasteiger partial charge in [-0.3, -0.25) is 9.59 Å². The Kier molecular flexibility index (Phi) is 6.17. The molecule has 1 aromatic heterocycles. The van der Waals surface area contributed by atoms with Crippen LogP contribution >= 0.6 is 0 Å². The number of Topliss-reactive ketones (excluding diaryl/α,β-unsaturated/α-hetero) is 1. The molecule has 28 heavy (non-hydrogen) atoms. The van der Waals surface area contributed by atoms with Gasteiger partial charge < -0.3 is 14.2 Å². The van der Waals surface area contributed by atoms with Gasteiger partial charge in [-0.05, 0) is 44.7 Å². The van der Waals surface area contributed by atoms with Crippen LogP contribution in [-0.4, -0.2) is 40.9 Å². The van der Waals surface area contributed by atoms with Crippen molar-refractivity contribution < 1.29 is 18.8 Å². The Hall–Kier alpha value is -2.63. The molecule has 6 nitrogen and oxygen atoms in total. The highest BCUT2D eigenvalue weighted by Crippen LogP contribution is 2.25. The van der Waals surface area contributed by atoms with Crippen LogP contribution in [0.1, 0.15) is 73.1 Å². The van der Waals surface area contributed by atoms with E-state index in [1.807, 2.05) is 45.9 Å². The van der Waals surface area contributed by atoms with E-state index < -0.39 is 0 Å². The molecule has 3 rings (SSSR count). The maximum absolute atomic E-state index is 13.0. The lowest BCUT2D eigenvalue weighted by molar-refractivity contribution is 0.0602. The van der Waals surface area contributed by atoms with Crippen molar-refractivity contribution in [1.82, 2.24) is 10.1 Å². The highest BCUT2D eigenvalue weighted by molar-refractivity contribution is 5.99. The predicted octanol–water partition coefficient (Wildman–Crippen LogP) is 4.32. The number of hydrogen-bond donors (Lipinski definition) is 0. The summed E-state index contributed by atoms with van der Waals surface area (Å²) < 4.78 is 10.9. The Balaban J connectivity index is 1.70. The van der Waals surface area contributed by atoms with E-state index in [4.69, 9.17) is 9.26 Å². The van der Waals surface area contributed by atoms with Crippen LogP contribution in [0.4, 0.5) is 0 Å². The molecule has 0 saturated carbocycles. The largest absolute Gasteiger partial charge is 0.491 e. The van der Waals surface area contributed by atoms with Gasteiger partial charge in [-0.2, -0.15) is 0 Å².